The largest absolute Gasteiger partial charge is 0.373 e. The van der Waals surface area contributed by atoms with Gasteiger partial charge in [0.15, 0.2) is 0 Å². The average molecular weight is 325 g/mol. The molecule has 1 aromatic heterocycles. The summed E-state index contributed by atoms with van der Waals surface area (Å²) in [4.78, 5) is 14.6. The van der Waals surface area contributed by atoms with Crippen molar-refractivity contribution in [3.05, 3.63) is 20.8 Å². The van der Waals surface area contributed by atoms with Crippen LogP contribution in [0.3, 0.4) is 0 Å². The SMILES string of the molecule is O=C(c1ccc(Br)s1)N1CCOC(CCl)C1. The summed E-state index contributed by atoms with van der Waals surface area (Å²) in [5.74, 6) is 0.492. The number of ether oxygens (including phenoxy) is 1. The first kappa shape index (κ1) is 12.4. The van der Waals surface area contributed by atoms with E-state index in [1.807, 2.05) is 12.1 Å². The van der Waals surface area contributed by atoms with Crippen molar-refractivity contribution < 1.29 is 9.53 Å². The van der Waals surface area contributed by atoms with Crippen molar-refractivity contribution in [2.45, 2.75) is 6.10 Å². The van der Waals surface area contributed by atoms with Crippen LogP contribution in [0.1, 0.15) is 9.67 Å². The van der Waals surface area contributed by atoms with Crippen LogP contribution < -0.4 is 0 Å². The number of hydrogen-bond acceptors (Lipinski definition) is 3. The molecule has 2 rings (SSSR count). The molecule has 0 aromatic carbocycles. The van der Waals surface area contributed by atoms with E-state index in [2.05, 4.69) is 15.9 Å². The van der Waals surface area contributed by atoms with Crippen molar-refractivity contribution >= 4 is 44.8 Å². The number of carbonyl (C=O) groups excluding carboxylic acids is 1. The van der Waals surface area contributed by atoms with E-state index in [9.17, 15) is 4.79 Å². The normalized spacial score (nSPS) is 21.1. The zero-order valence-electron chi connectivity index (χ0n) is 8.49. The van der Waals surface area contributed by atoms with Gasteiger partial charge in [0.2, 0.25) is 0 Å². The summed E-state index contributed by atoms with van der Waals surface area (Å²) in [6, 6.07) is 3.72. The third kappa shape index (κ3) is 2.77. The molecule has 6 heteroatoms. The molecule has 0 saturated carbocycles. The number of nitrogens with zero attached hydrogens (tertiary/aromatic N) is 1. The number of morpholine rings is 1. The van der Waals surface area contributed by atoms with Gasteiger partial charge in [0.05, 0.1) is 27.3 Å². The van der Waals surface area contributed by atoms with Gasteiger partial charge in [-0.25, -0.2) is 0 Å². The van der Waals surface area contributed by atoms with Gasteiger partial charge in [0, 0.05) is 13.1 Å². The van der Waals surface area contributed by atoms with Gasteiger partial charge in [0.1, 0.15) is 0 Å². The standard InChI is InChI=1S/C10H11BrClNO2S/c11-9-2-1-8(16-9)10(14)13-3-4-15-7(5-12)6-13/h1-2,7H,3-6H2. The number of halogens is 2. The molecule has 0 aliphatic carbocycles. The van der Waals surface area contributed by atoms with Gasteiger partial charge in [0.25, 0.3) is 5.91 Å². The van der Waals surface area contributed by atoms with E-state index < -0.39 is 0 Å². The van der Waals surface area contributed by atoms with E-state index in [1.54, 1.807) is 4.90 Å². The lowest BCUT2D eigenvalue weighted by molar-refractivity contribution is -0.0106. The molecule has 1 aromatic rings. The number of amides is 1. The van der Waals surface area contributed by atoms with E-state index in [0.717, 1.165) is 8.66 Å². The molecular weight excluding hydrogens is 314 g/mol. The highest BCUT2D eigenvalue weighted by atomic mass is 79.9. The van der Waals surface area contributed by atoms with E-state index >= 15 is 0 Å². The summed E-state index contributed by atoms with van der Waals surface area (Å²) in [7, 11) is 0. The number of rotatable bonds is 2. The van der Waals surface area contributed by atoms with E-state index in [-0.39, 0.29) is 12.0 Å². The summed E-state index contributed by atoms with van der Waals surface area (Å²) in [6.07, 6.45) is -0.0391. The van der Waals surface area contributed by atoms with Crippen LogP contribution in [0.4, 0.5) is 0 Å². The maximum atomic E-state index is 12.1. The molecule has 2 heterocycles. The van der Waals surface area contributed by atoms with Crippen molar-refractivity contribution in [3.8, 4) is 0 Å². The summed E-state index contributed by atoms with van der Waals surface area (Å²) >= 11 is 10.5. The van der Waals surface area contributed by atoms with Crippen LogP contribution in [0.15, 0.2) is 15.9 Å². The Kier molecular flexibility index (Phi) is 4.24. The van der Waals surface area contributed by atoms with Crippen LogP contribution in [0.25, 0.3) is 0 Å². The first-order valence-electron chi connectivity index (χ1n) is 4.93. The number of carbonyl (C=O) groups is 1. The molecule has 0 spiro atoms. The van der Waals surface area contributed by atoms with Crippen LogP contribution in [0.5, 0.6) is 0 Å². The Balaban J connectivity index is 2.04. The predicted molar refractivity (Wildman–Crippen MR) is 68.4 cm³/mol. The van der Waals surface area contributed by atoms with Gasteiger partial charge in [-0.3, -0.25) is 4.79 Å². The molecule has 88 valence electrons. The summed E-state index contributed by atoms with van der Waals surface area (Å²) < 4.78 is 6.39. The first-order chi connectivity index (χ1) is 7.70. The van der Waals surface area contributed by atoms with Crippen LogP contribution in [-0.4, -0.2) is 42.5 Å². The fourth-order valence-electron chi connectivity index (χ4n) is 1.58. The number of alkyl halides is 1. The minimum Gasteiger partial charge on any atom is -0.373 e. The molecule has 1 amide bonds. The van der Waals surface area contributed by atoms with Gasteiger partial charge >= 0.3 is 0 Å². The lowest BCUT2D eigenvalue weighted by atomic mass is 10.3. The van der Waals surface area contributed by atoms with Gasteiger partial charge < -0.3 is 9.64 Å². The van der Waals surface area contributed by atoms with Crippen molar-refractivity contribution in [1.82, 2.24) is 4.90 Å². The Morgan fingerprint density at radius 2 is 2.50 bits per heavy atom. The fourth-order valence-corrected chi connectivity index (χ4v) is 3.12. The molecule has 0 radical (unpaired) electrons. The number of hydrogen-bond donors (Lipinski definition) is 0. The monoisotopic (exact) mass is 323 g/mol. The smallest absolute Gasteiger partial charge is 0.264 e. The van der Waals surface area contributed by atoms with Crippen LogP contribution in [-0.2, 0) is 4.74 Å². The second kappa shape index (κ2) is 5.49. The Hall–Kier alpha value is -0.100. The molecule has 0 N–H and O–H groups in total. The van der Waals surface area contributed by atoms with E-state index in [1.165, 1.54) is 11.3 Å². The summed E-state index contributed by atoms with van der Waals surface area (Å²) in [6.45, 7) is 1.79. The molecule has 1 unspecified atom stereocenters. The first-order valence-corrected chi connectivity index (χ1v) is 7.07. The molecule has 1 fully saturated rings. The van der Waals surface area contributed by atoms with Gasteiger partial charge in [-0.1, -0.05) is 0 Å². The molecular formula is C10H11BrClNO2S. The third-order valence-electron chi connectivity index (χ3n) is 2.38. The predicted octanol–water partition coefficient (Wildman–Crippen LogP) is 2.59. The molecule has 1 aliphatic rings. The molecule has 1 aliphatic heterocycles. The highest BCUT2D eigenvalue weighted by Gasteiger charge is 2.25. The second-order valence-electron chi connectivity index (χ2n) is 3.50. The topological polar surface area (TPSA) is 29.5 Å². The second-order valence-corrected chi connectivity index (χ2v) is 6.27. The maximum absolute atomic E-state index is 12.1. The molecule has 16 heavy (non-hydrogen) atoms. The highest BCUT2D eigenvalue weighted by molar-refractivity contribution is 9.11. The molecule has 1 atom stereocenters. The van der Waals surface area contributed by atoms with Crippen molar-refractivity contribution in [1.29, 1.82) is 0 Å². The molecule has 3 nitrogen and oxygen atoms in total. The Morgan fingerprint density at radius 1 is 1.69 bits per heavy atom. The molecule has 1 saturated heterocycles. The minimum absolute atomic E-state index is 0.0391. The zero-order valence-corrected chi connectivity index (χ0v) is 11.6. The minimum atomic E-state index is -0.0391. The van der Waals surface area contributed by atoms with Crippen molar-refractivity contribution in [2.75, 3.05) is 25.6 Å². The van der Waals surface area contributed by atoms with Crippen molar-refractivity contribution in [3.63, 3.8) is 0 Å². The lowest BCUT2D eigenvalue weighted by Crippen LogP contribution is -2.46. The summed E-state index contributed by atoms with van der Waals surface area (Å²) in [5.41, 5.74) is 0. The average Bonchev–Trinajstić information content (AvgIpc) is 2.75. The quantitative estimate of drug-likeness (QED) is 0.783. The highest BCUT2D eigenvalue weighted by Crippen LogP contribution is 2.24. The Morgan fingerprint density at radius 3 is 3.12 bits per heavy atom. The maximum Gasteiger partial charge on any atom is 0.264 e. The summed E-state index contributed by atoms with van der Waals surface area (Å²) in [5, 5.41) is 0. The molecule has 0 bridgehead atoms. The zero-order chi connectivity index (χ0) is 11.5. The Bertz CT molecular complexity index is 385. The van der Waals surface area contributed by atoms with E-state index in [4.69, 9.17) is 16.3 Å². The number of thiophene rings is 1. The van der Waals surface area contributed by atoms with Crippen LogP contribution in [0.2, 0.25) is 0 Å². The van der Waals surface area contributed by atoms with Gasteiger partial charge in [-0.2, -0.15) is 0 Å². The van der Waals surface area contributed by atoms with Gasteiger partial charge in [-0.05, 0) is 28.1 Å². The Labute approximate surface area is 111 Å². The van der Waals surface area contributed by atoms with Crippen LogP contribution >= 0.6 is 38.9 Å². The van der Waals surface area contributed by atoms with Crippen molar-refractivity contribution in [2.24, 2.45) is 0 Å². The third-order valence-corrected chi connectivity index (χ3v) is 4.34. The van der Waals surface area contributed by atoms with Crippen LogP contribution in [0, 0.1) is 0 Å². The fraction of sp³-hybridized carbons (Fsp3) is 0.500. The van der Waals surface area contributed by atoms with E-state index in [0.29, 0.717) is 25.6 Å². The lowest BCUT2D eigenvalue weighted by Gasteiger charge is -2.31. The van der Waals surface area contributed by atoms with Gasteiger partial charge in [-0.15, -0.1) is 22.9 Å².